The van der Waals surface area contributed by atoms with E-state index in [1.165, 1.54) is 5.56 Å². The van der Waals surface area contributed by atoms with Crippen LogP contribution in [0.15, 0.2) is 42.9 Å². The van der Waals surface area contributed by atoms with E-state index in [-0.39, 0.29) is 18.1 Å². The third-order valence-corrected chi connectivity index (χ3v) is 5.08. The Balaban J connectivity index is 1.30. The van der Waals surface area contributed by atoms with Gasteiger partial charge in [0, 0.05) is 18.4 Å². The fourth-order valence-electron chi connectivity index (χ4n) is 3.73. The molecule has 1 fully saturated rings. The van der Waals surface area contributed by atoms with Gasteiger partial charge in [0.15, 0.2) is 6.10 Å². The van der Waals surface area contributed by atoms with Crippen LogP contribution in [0, 0.1) is 0 Å². The summed E-state index contributed by atoms with van der Waals surface area (Å²) >= 11 is 0. The van der Waals surface area contributed by atoms with Crippen LogP contribution in [-0.2, 0) is 16.0 Å². The summed E-state index contributed by atoms with van der Waals surface area (Å²) in [4.78, 5) is 20.9. The van der Waals surface area contributed by atoms with Gasteiger partial charge in [0.25, 0.3) is 5.91 Å². The van der Waals surface area contributed by atoms with Crippen LogP contribution in [0.4, 0.5) is 0 Å². The third kappa shape index (κ3) is 3.85. The normalized spacial score (nSPS) is 25.2. The van der Waals surface area contributed by atoms with Crippen LogP contribution in [0.25, 0.3) is 0 Å². The predicted octanol–water partition coefficient (Wildman–Crippen LogP) is 2.60. The minimum Gasteiger partial charge on any atom is -0.473 e. The molecule has 1 aromatic carbocycles. The Labute approximate surface area is 153 Å². The number of nitrogens with zero attached hydrogens (tertiary/aromatic N) is 2. The fraction of sp³-hybridized carbons (Fsp3) is 0.450. The van der Waals surface area contributed by atoms with Crippen molar-refractivity contribution in [2.45, 2.75) is 50.4 Å². The van der Waals surface area contributed by atoms with Crippen LogP contribution in [-0.4, -0.2) is 34.6 Å². The minimum absolute atomic E-state index is 0.0320. The molecule has 1 N–H and O–H groups in total. The molecule has 1 saturated carbocycles. The largest absolute Gasteiger partial charge is 0.473 e. The van der Waals surface area contributed by atoms with E-state index in [4.69, 9.17) is 9.47 Å². The number of carbonyl (C=O) groups excluding carboxylic acids is 1. The Bertz CT molecular complexity index is 745. The summed E-state index contributed by atoms with van der Waals surface area (Å²) in [6.45, 7) is 0.591. The smallest absolute Gasteiger partial charge is 0.253 e. The molecule has 6 nitrogen and oxygen atoms in total. The Kier molecular flexibility index (Phi) is 5.11. The molecule has 2 aliphatic rings. The Morgan fingerprint density at radius 3 is 2.81 bits per heavy atom. The molecule has 2 heterocycles. The van der Waals surface area contributed by atoms with E-state index in [2.05, 4.69) is 21.4 Å². The molecule has 1 aromatic heterocycles. The zero-order valence-electron chi connectivity index (χ0n) is 14.6. The third-order valence-electron chi connectivity index (χ3n) is 5.08. The molecule has 0 bridgehead atoms. The number of hydrogen-bond acceptors (Lipinski definition) is 5. The first-order chi connectivity index (χ1) is 12.8. The lowest BCUT2D eigenvalue weighted by molar-refractivity contribution is -0.135. The first-order valence-corrected chi connectivity index (χ1v) is 9.22. The zero-order chi connectivity index (χ0) is 17.8. The molecule has 26 heavy (non-hydrogen) atoms. The van der Waals surface area contributed by atoms with Crippen molar-refractivity contribution >= 4 is 5.91 Å². The van der Waals surface area contributed by atoms with Gasteiger partial charge in [-0.1, -0.05) is 24.3 Å². The number of ether oxygens (including phenoxy) is 2. The van der Waals surface area contributed by atoms with Gasteiger partial charge in [-0.25, -0.2) is 4.98 Å². The molecule has 136 valence electrons. The van der Waals surface area contributed by atoms with Crippen molar-refractivity contribution in [3.05, 3.63) is 54.0 Å². The highest BCUT2D eigenvalue weighted by molar-refractivity contribution is 5.83. The highest BCUT2D eigenvalue weighted by Gasteiger charge is 2.30. The van der Waals surface area contributed by atoms with Crippen molar-refractivity contribution in [1.29, 1.82) is 0 Å². The summed E-state index contributed by atoms with van der Waals surface area (Å²) in [6, 6.07) is 8.21. The average molecular weight is 353 g/mol. The van der Waals surface area contributed by atoms with Gasteiger partial charge in [0.05, 0.1) is 12.8 Å². The van der Waals surface area contributed by atoms with Crippen molar-refractivity contribution in [1.82, 2.24) is 15.3 Å². The summed E-state index contributed by atoms with van der Waals surface area (Å²) in [7, 11) is 0. The van der Waals surface area contributed by atoms with E-state index >= 15 is 0 Å². The molecule has 4 rings (SSSR count). The quantitative estimate of drug-likeness (QED) is 0.915. The maximum Gasteiger partial charge on any atom is 0.253 e. The van der Waals surface area contributed by atoms with Crippen LogP contribution in [0.1, 0.15) is 42.9 Å². The molecule has 1 aliphatic heterocycles. The van der Waals surface area contributed by atoms with Gasteiger partial charge in [-0.05, 0) is 43.2 Å². The van der Waals surface area contributed by atoms with E-state index < -0.39 is 6.10 Å². The monoisotopic (exact) mass is 353 g/mol. The molecule has 0 spiro atoms. The van der Waals surface area contributed by atoms with E-state index in [1.807, 2.05) is 18.2 Å². The Morgan fingerprint density at radius 2 is 2.00 bits per heavy atom. The molecular formula is C20H23N3O3. The molecule has 1 atom stereocenters. The lowest BCUT2D eigenvalue weighted by atomic mass is 9.92. The second-order valence-electron chi connectivity index (χ2n) is 6.84. The fourth-order valence-corrected chi connectivity index (χ4v) is 3.73. The molecule has 0 radical (unpaired) electrons. The van der Waals surface area contributed by atoms with Gasteiger partial charge in [0.1, 0.15) is 6.10 Å². The highest BCUT2D eigenvalue weighted by Crippen LogP contribution is 2.28. The van der Waals surface area contributed by atoms with Crippen LogP contribution < -0.4 is 10.1 Å². The SMILES string of the molecule is O=C(NC1CCC(Oc2cnccn2)CC1)C1OCCc2ccccc21. The second-order valence-corrected chi connectivity index (χ2v) is 6.84. The second kappa shape index (κ2) is 7.83. The van der Waals surface area contributed by atoms with Gasteiger partial charge in [0.2, 0.25) is 5.88 Å². The summed E-state index contributed by atoms with van der Waals surface area (Å²) in [5.74, 6) is 0.530. The lowest BCUT2D eigenvalue weighted by Crippen LogP contribution is -2.43. The Hall–Kier alpha value is -2.47. The molecular weight excluding hydrogens is 330 g/mol. The highest BCUT2D eigenvalue weighted by atomic mass is 16.5. The number of amides is 1. The Morgan fingerprint density at radius 1 is 1.15 bits per heavy atom. The van der Waals surface area contributed by atoms with E-state index in [9.17, 15) is 4.79 Å². The topological polar surface area (TPSA) is 73.3 Å². The van der Waals surface area contributed by atoms with Crippen LogP contribution in [0.5, 0.6) is 5.88 Å². The average Bonchev–Trinajstić information content (AvgIpc) is 2.70. The summed E-state index contributed by atoms with van der Waals surface area (Å²) in [6.07, 6.45) is 8.97. The van der Waals surface area contributed by atoms with Gasteiger partial charge >= 0.3 is 0 Å². The number of carbonyl (C=O) groups is 1. The van der Waals surface area contributed by atoms with Gasteiger partial charge < -0.3 is 14.8 Å². The standard InChI is InChI=1S/C20H23N3O3/c24-20(19-17-4-2-1-3-14(17)9-12-25-19)23-15-5-7-16(8-6-15)26-18-13-21-10-11-22-18/h1-4,10-11,13,15-16,19H,5-9,12H2,(H,23,24). The number of hydrogen-bond donors (Lipinski definition) is 1. The molecule has 1 amide bonds. The maximum absolute atomic E-state index is 12.7. The number of nitrogens with one attached hydrogen (secondary N) is 1. The van der Waals surface area contributed by atoms with E-state index in [1.54, 1.807) is 18.6 Å². The van der Waals surface area contributed by atoms with Gasteiger partial charge in [-0.15, -0.1) is 0 Å². The number of rotatable bonds is 4. The van der Waals surface area contributed by atoms with Crippen molar-refractivity contribution in [2.24, 2.45) is 0 Å². The lowest BCUT2D eigenvalue weighted by Gasteiger charge is -2.31. The molecule has 1 aliphatic carbocycles. The van der Waals surface area contributed by atoms with Gasteiger partial charge in [-0.3, -0.25) is 9.78 Å². The first kappa shape index (κ1) is 17.0. The zero-order valence-corrected chi connectivity index (χ0v) is 14.6. The maximum atomic E-state index is 12.7. The van der Waals surface area contributed by atoms with Crippen LogP contribution in [0.2, 0.25) is 0 Å². The van der Waals surface area contributed by atoms with Gasteiger partial charge in [-0.2, -0.15) is 0 Å². The molecule has 6 heteroatoms. The van der Waals surface area contributed by atoms with Crippen LogP contribution >= 0.6 is 0 Å². The molecule has 1 unspecified atom stereocenters. The predicted molar refractivity (Wildman–Crippen MR) is 95.7 cm³/mol. The van der Waals surface area contributed by atoms with Crippen LogP contribution in [0.3, 0.4) is 0 Å². The number of benzene rings is 1. The molecule has 0 saturated heterocycles. The first-order valence-electron chi connectivity index (χ1n) is 9.22. The van der Waals surface area contributed by atoms with Crippen molar-refractivity contribution < 1.29 is 14.3 Å². The van der Waals surface area contributed by atoms with E-state index in [0.717, 1.165) is 37.7 Å². The summed E-state index contributed by atoms with van der Waals surface area (Å²) < 4.78 is 11.6. The van der Waals surface area contributed by atoms with E-state index in [0.29, 0.717) is 12.5 Å². The summed E-state index contributed by atoms with van der Waals surface area (Å²) in [5, 5.41) is 3.17. The number of aromatic nitrogens is 2. The molecule has 2 aromatic rings. The summed E-state index contributed by atoms with van der Waals surface area (Å²) in [5.41, 5.74) is 2.20. The minimum atomic E-state index is -0.492. The van der Waals surface area contributed by atoms with Crippen molar-refractivity contribution in [3.63, 3.8) is 0 Å². The number of fused-ring (bicyclic) bond motifs is 1. The van der Waals surface area contributed by atoms with Crippen molar-refractivity contribution in [2.75, 3.05) is 6.61 Å². The van der Waals surface area contributed by atoms with Crippen molar-refractivity contribution in [3.8, 4) is 5.88 Å².